The van der Waals surface area contributed by atoms with Gasteiger partial charge in [-0.1, -0.05) is 13.8 Å². The summed E-state index contributed by atoms with van der Waals surface area (Å²) in [5, 5.41) is 3.04. The van der Waals surface area contributed by atoms with Crippen LogP contribution in [0, 0.1) is 5.41 Å². The van der Waals surface area contributed by atoms with Crippen LogP contribution in [0.2, 0.25) is 0 Å². The molecule has 0 aromatic rings. The molecular weight excluding hydrogens is 250 g/mol. The molecule has 108 valence electrons. The van der Waals surface area contributed by atoms with Crippen LogP contribution in [0.15, 0.2) is 0 Å². The Kier molecular flexibility index (Phi) is 7.18. The van der Waals surface area contributed by atoms with E-state index in [4.69, 9.17) is 5.73 Å². The highest BCUT2D eigenvalue weighted by molar-refractivity contribution is 5.85. The van der Waals surface area contributed by atoms with Gasteiger partial charge in [0.2, 0.25) is 5.91 Å². The molecule has 3 atom stereocenters. The van der Waals surface area contributed by atoms with E-state index in [1.165, 1.54) is 0 Å². The molecular formula is C13H28ClN3O. The highest BCUT2D eigenvalue weighted by Crippen LogP contribution is 2.29. The van der Waals surface area contributed by atoms with Gasteiger partial charge in [-0.2, -0.15) is 0 Å². The number of rotatable bonds is 5. The number of hydrogen-bond acceptors (Lipinski definition) is 3. The molecule has 3 unspecified atom stereocenters. The zero-order valence-corrected chi connectivity index (χ0v) is 12.8. The Bertz CT molecular complexity index is 275. The number of nitrogens with two attached hydrogens (primary N) is 1. The SMILES string of the molecule is CCC(C)NC(=O)C(C)N1CCC(C)(CN)C1.Cl. The maximum absolute atomic E-state index is 12.0. The van der Waals surface area contributed by atoms with Crippen LogP contribution in [0.5, 0.6) is 0 Å². The number of carbonyl (C=O) groups is 1. The Morgan fingerprint density at radius 1 is 1.50 bits per heavy atom. The lowest BCUT2D eigenvalue weighted by molar-refractivity contribution is -0.126. The van der Waals surface area contributed by atoms with Gasteiger partial charge in [0.15, 0.2) is 0 Å². The Hall–Kier alpha value is -0.320. The molecule has 1 aliphatic rings. The smallest absolute Gasteiger partial charge is 0.237 e. The number of halogens is 1. The van der Waals surface area contributed by atoms with Gasteiger partial charge in [-0.05, 0) is 45.2 Å². The number of nitrogens with zero attached hydrogens (tertiary/aromatic N) is 1. The molecule has 5 heteroatoms. The van der Waals surface area contributed by atoms with Crippen LogP contribution in [0.1, 0.15) is 40.5 Å². The highest BCUT2D eigenvalue weighted by Gasteiger charge is 2.36. The molecule has 1 aliphatic heterocycles. The van der Waals surface area contributed by atoms with Gasteiger partial charge in [0.05, 0.1) is 6.04 Å². The number of amides is 1. The van der Waals surface area contributed by atoms with Crippen molar-refractivity contribution in [3.8, 4) is 0 Å². The van der Waals surface area contributed by atoms with E-state index in [1.807, 2.05) is 13.8 Å². The van der Waals surface area contributed by atoms with Crippen molar-refractivity contribution >= 4 is 18.3 Å². The molecule has 1 rings (SSSR count). The first kappa shape index (κ1) is 17.7. The second-order valence-electron chi connectivity index (χ2n) is 5.73. The predicted octanol–water partition coefficient (Wildman–Crippen LogP) is 1.38. The van der Waals surface area contributed by atoms with Crippen LogP contribution in [0.4, 0.5) is 0 Å². The van der Waals surface area contributed by atoms with Crippen molar-refractivity contribution in [3.63, 3.8) is 0 Å². The maximum atomic E-state index is 12.0. The van der Waals surface area contributed by atoms with Gasteiger partial charge >= 0.3 is 0 Å². The summed E-state index contributed by atoms with van der Waals surface area (Å²) in [5.74, 6) is 0.139. The molecule has 0 aromatic heterocycles. The van der Waals surface area contributed by atoms with Gasteiger partial charge in [0.1, 0.15) is 0 Å². The van der Waals surface area contributed by atoms with E-state index in [2.05, 4.69) is 24.1 Å². The van der Waals surface area contributed by atoms with Gasteiger partial charge in [-0.15, -0.1) is 12.4 Å². The van der Waals surface area contributed by atoms with Crippen LogP contribution >= 0.6 is 12.4 Å². The molecule has 1 amide bonds. The Balaban J connectivity index is 0.00000289. The maximum Gasteiger partial charge on any atom is 0.237 e. The summed E-state index contributed by atoms with van der Waals surface area (Å²) in [6.07, 6.45) is 2.06. The van der Waals surface area contributed by atoms with Crippen molar-refractivity contribution < 1.29 is 4.79 Å². The van der Waals surface area contributed by atoms with Crippen molar-refractivity contribution in [2.24, 2.45) is 11.1 Å². The molecule has 1 heterocycles. The quantitative estimate of drug-likeness (QED) is 0.798. The lowest BCUT2D eigenvalue weighted by Gasteiger charge is -2.27. The Morgan fingerprint density at radius 2 is 2.11 bits per heavy atom. The van der Waals surface area contributed by atoms with Crippen molar-refractivity contribution in [1.29, 1.82) is 0 Å². The van der Waals surface area contributed by atoms with Gasteiger partial charge in [-0.3, -0.25) is 9.69 Å². The molecule has 0 aromatic carbocycles. The van der Waals surface area contributed by atoms with E-state index in [-0.39, 0.29) is 35.8 Å². The first-order valence-corrected chi connectivity index (χ1v) is 6.66. The van der Waals surface area contributed by atoms with E-state index in [0.717, 1.165) is 25.9 Å². The third kappa shape index (κ3) is 4.41. The topological polar surface area (TPSA) is 58.4 Å². The van der Waals surface area contributed by atoms with Gasteiger partial charge < -0.3 is 11.1 Å². The first-order chi connectivity index (χ1) is 7.91. The Labute approximate surface area is 117 Å². The second-order valence-corrected chi connectivity index (χ2v) is 5.73. The minimum Gasteiger partial charge on any atom is -0.352 e. The fourth-order valence-corrected chi connectivity index (χ4v) is 2.19. The van der Waals surface area contributed by atoms with Crippen LogP contribution in [-0.2, 0) is 4.79 Å². The normalized spacial score (nSPS) is 27.4. The average Bonchev–Trinajstić information content (AvgIpc) is 2.71. The van der Waals surface area contributed by atoms with Crippen LogP contribution in [0.25, 0.3) is 0 Å². The average molecular weight is 278 g/mol. The molecule has 1 saturated heterocycles. The molecule has 18 heavy (non-hydrogen) atoms. The first-order valence-electron chi connectivity index (χ1n) is 6.66. The van der Waals surface area contributed by atoms with E-state index >= 15 is 0 Å². The van der Waals surface area contributed by atoms with Crippen molar-refractivity contribution in [1.82, 2.24) is 10.2 Å². The number of hydrogen-bond donors (Lipinski definition) is 2. The summed E-state index contributed by atoms with van der Waals surface area (Å²) in [5.41, 5.74) is 5.97. The third-order valence-corrected chi connectivity index (χ3v) is 4.01. The number of nitrogens with one attached hydrogen (secondary N) is 1. The molecule has 0 spiro atoms. The number of carbonyl (C=O) groups excluding carboxylic acids is 1. The summed E-state index contributed by atoms with van der Waals surface area (Å²) >= 11 is 0. The summed E-state index contributed by atoms with van der Waals surface area (Å²) in [7, 11) is 0. The van der Waals surface area contributed by atoms with Crippen molar-refractivity contribution in [2.75, 3.05) is 19.6 Å². The molecule has 0 radical (unpaired) electrons. The van der Waals surface area contributed by atoms with E-state index < -0.39 is 0 Å². The van der Waals surface area contributed by atoms with Crippen molar-refractivity contribution in [2.45, 2.75) is 52.6 Å². The minimum absolute atomic E-state index is 0. The zero-order valence-electron chi connectivity index (χ0n) is 12.0. The zero-order chi connectivity index (χ0) is 13.1. The van der Waals surface area contributed by atoms with Gasteiger partial charge in [0.25, 0.3) is 0 Å². The Morgan fingerprint density at radius 3 is 2.56 bits per heavy atom. The summed E-state index contributed by atoms with van der Waals surface area (Å²) in [6.45, 7) is 10.9. The highest BCUT2D eigenvalue weighted by atomic mass is 35.5. The van der Waals surface area contributed by atoms with Gasteiger partial charge in [-0.25, -0.2) is 0 Å². The molecule has 0 aliphatic carbocycles. The van der Waals surface area contributed by atoms with Crippen LogP contribution < -0.4 is 11.1 Å². The monoisotopic (exact) mass is 277 g/mol. The number of likely N-dealkylation sites (tertiary alicyclic amines) is 1. The minimum atomic E-state index is -0.0441. The lowest BCUT2D eigenvalue weighted by Crippen LogP contribution is -2.47. The van der Waals surface area contributed by atoms with E-state index in [1.54, 1.807) is 0 Å². The fourth-order valence-electron chi connectivity index (χ4n) is 2.19. The summed E-state index contributed by atoms with van der Waals surface area (Å²) in [6, 6.07) is 0.214. The molecule has 0 bridgehead atoms. The predicted molar refractivity (Wildman–Crippen MR) is 78.0 cm³/mol. The largest absolute Gasteiger partial charge is 0.352 e. The fraction of sp³-hybridized carbons (Fsp3) is 0.923. The van der Waals surface area contributed by atoms with Gasteiger partial charge in [0, 0.05) is 12.6 Å². The summed E-state index contributed by atoms with van der Waals surface area (Å²) < 4.78 is 0. The van der Waals surface area contributed by atoms with Crippen molar-refractivity contribution in [3.05, 3.63) is 0 Å². The second kappa shape index (κ2) is 7.31. The third-order valence-electron chi connectivity index (χ3n) is 4.01. The molecule has 4 nitrogen and oxygen atoms in total. The van der Waals surface area contributed by atoms with Crippen LogP contribution in [-0.4, -0.2) is 42.5 Å². The molecule has 1 fully saturated rings. The lowest BCUT2D eigenvalue weighted by atomic mass is 9.90. The van der Waals surface area contributed by atoms with E-state index in [9.17, 15) is 4.79 Å². The standard InChI is InChI=1S/C13H27N3O.ClH/c1-5-10(2)15-12(17)11(3)16-7-6-13(4,8-14)9-16;/h10-11H,5-9,14H2,1-4H3,(H,15,17);1H. The summed E-state index contributed by atoms with van der Waals surface area (Å²) in [4.78, 5) is 14.3. The molecule has 0 saturated carbocycles. The molecule has 3 N–H and O–H groups in total. The van der Waals surface area contributed by atoms with E-state index in [0.29, 0.717) is 6.54 Å². The van der Waals surface area contributed by atoms with Crippen LogP contribution in [0.3, 0.4) is 0 Å².